The molecule has 3 aliphatic rings. The molecule has 1 N–H and O–H groups in total. The summed E-state index contributed by atoms with van der Waals surface area (Å²) in [6.45, 7) is 22.5. The molecule has 0 aromatic rings. The van der Waals surface area contributed by atoms with Gasteiger partial charge in [0.2, 0.25) is 17.7 Å². The smallest absolute Gasteiger partial charge is 0.249 e. The van der Waals surface area contributed by atoms with Gasteiger partial charge in [0.25, 0.3) is 0 Å². The number of aliphatic hydroxyl groups is 1. The van der Waals surface area contributed by atoms with Crippen molar-refractivity contribution in [1.29, 1.82) is 0 Å². The summed E-state index contributed by atoms with van der Waals surface area (Å²) < 4.78 is 6.92. The number of amides is 3. The van der Waals surface area contributed by atoms with Crippen LogP contribution in [-0.2, 0) is 19.1 Å². The van der Waals surface area contributed by atoms with Crippen LogP contribution in [0.25, 0.3) is 0 Å². The highest BCUT2D eigenvalue weighted by Gasteiger charge is 2.79. The fourth-order valence-electron chi connectivity index (χ4n) is 7.17. The quantitative estimate of drug-likeness (QED) is 0.390. The molecule has 3 heterocycles. The largest absolute Gasteiger partial charge is 0.394 e. The summed E-state index contributed by atoms with van der Waals surface area (Å²) in [4.78, 5) is 48.3. The number of likely N-dealkylation sites (tertiary alicyclic amines) is 1. The van der Waals surface area contributed by atoms with Crippen LogP contribution in [0.5, 0.6) is 0 Å². The molecule has 0 aromatic heterocycles. The van der Waals surface area contributed by atoms with E-state index in [0.717, 1.165) is 6.42 Å². The molecule has 3 amide bonds. The van der Waals surface area contributed by atoms with E-state index in [1.165, 1.54) is 0 Å². The average molecular weight is 532 g/mol. The van der Waals surface area contributed by atoms with E-state index in [1.54, 1.807) is 26.9 Å². The van der Waals surface area contributed by atoms with Crippen molar-refractivity contribution in [2.75, 3.05) is 26.2 Å². The Morgan fingerprint density at radius 1 is 1.16 bits per heavy atom. The second kappa shape index (κ2) is 11.1. The Hall–Kier alpha value is -2.19. The lowest BCUT2D eigenvalue weighted by Crippen LogP contribution is -2.62. The third-order valence-electron chi connectivity index (χ3n) is 8.97. The van der Waals surface area contributed by atoms with E-state index in [-0.39, 0.29) is 30.2 Å². The summed E-state index contributed by atoms with van der Waals surface area (Å²) in [6.07, 6.45) is 5.89. The van der Waals surface area contributed by atoms with E-state index in [1.807, 2.05) is 48.5 Å². The van der Waals surface area contributed by atoms with Gasteiger partial charge in [-0.15, -0.1) is 13.2 Å². The van der Waals surface area contributed by atoms with Crippen molar-refractivity contribution < 1.29 is 24.2 Å². The molecule has 2 bridgehead atoms. The zero-order valence-corrected chi connectivity index (χ0v) is 24.5. The normalized spacial score (nSPS) is 30.9. The second-order valence-electron chi connectivity index (χ2n) is 12.6. The molecule has 3 fully saturated rings. The van der Waals surface area contributed by atoms with Crippen molar-refractivity contribution in [3.8, 4) is 0 Å². The van der Waals surface area contributed by atoms with Gasteiger partial charge in [-0.3, -0.25) is 14.4 Å². The zero-order chi connectivity index (χ0) is 28.6. The molecule has 3 saturated heterocycles. The van der Waals surface area contributed by atoms with Crippen LogP contribution < -0.4 is 0 Å². The lowest BCUT2D eigenvalue weighted by Gasteiger charge is -2.44. The number of ether oxygens (including phenoxy) is 1. The van der Waals surface area contributed by atoms with Crippen molar-refractivity contribution in [3.05, 3.63) is 25.3 Å². The molecule has 0 aliphatic carbocycles. The van der Waals surface area contributed by atoms with Gasteiger partial charge in [0.1, 0.15) is 11.6 Å². The molecule has 3 rings (SSSR count). The van der Waals surface area contributed by atoms with Crippen LogP contribution in [0, 0.1) is 17.8 Å². The lowest BCUT2D eigenvalue weighted by molar-refractivity contribution is -0.161. The number of carbonyl (C=O) groups is 3. The molecule has 38 heavy (non-hydrogen) atoms. The fraction of sp³-hybridized carbons (Fsp3) is 0.767. The number of hydrogen-bond donors (Lipinski definition) is 1. The number of hydrogen-bond acceptors (Lipinski definition) is 5. The van der Waals surface area contributed by atoms with Gasteiger partial charge < -0.3 is 24.5 Å². The van der Waals surface area contributed by atoms with Crippen molar-refractivity contribution >= 4 is 17.7 Å². The minimum Gasteiger partial charge on any atom is -0.394 e. The van der Waals surface area contributed by atoms with E-state index in [4.69, 9.17) is 4.74 Å². The third-order valence-corrected chi connectivity index (χ3v) is 8.97. The van der Waals surface area contributed by atoms with Gasteiger partial charge in [-0.25, -0.2) is 0 Å². The SMILES string of the molecule is C=CCN(CCC)C(=O)[C@H]1[C@H]2C(=O)N([C@@H](CO)C(C)C)C(C(=O)N(CC=C)C(C)(C)C)C23CC[C@]1(CC)O3. The monoisotopic (exact) mass is 531 g/mol. The molecular formula is C30H49N3O5. The predicted molar refractivity (Wildman–Crippen MR) is 148 cm³/mol. The van der Waals surface area contributed by atoms with Gasteiger partial charge in [-0.2, -0.15) is 0 Å². The highest BCUT2D eigenvalue weighted by atomic mass is 16.5. The molecular weight excluding hydrogens is 482 g/mol. The molecule has 8 heteroatoms. The van der Waals surface area contributed by atoms with E-state index in [9.17, 15) is 19.5 Å². The first kappa shape index (κ1) is 30.4. The zero-order valence-electron chi connectivity index (χ0n) is 24.5. The number of aliphatic hydroxyl groups excluding tert-OH is 1. The minimum absolute atomic E-state index is 0.0965. The number of carbonyl (C=O) groups excluding carboxylic acids is 3. The second-order valence-corrected chi connectivity index (χ2v) is 12.6. The first-order chi connectivity index (χ1) is 17.8. The maximum Gasteiger partial charge on any atom is 0.249 e. The number of nitrogens with zero attached hydrogens (tertiary/aromatic N) is 3. The van der Waals surface area contributed by atoms with Gasteiger partial charge >= 0.3 is 0 Å². The van der Waals surface area contributed by atoms with Crippen molar-refractivity contribution in [2.24, 2.45) is 17.8 Å². The molecule has 8 nitrogen and oxygen atoms in total. The number of rotatable bonds is 12. The molecule has 3 aliphatic heterocycles. The third kappa shape index (κ3) is 4.61. The highest BCUT2D eigenvalue weighted by Crippen LogP contribution is 2.65. The van der Waals surface area contributed by atoms with Crippen molar-refractivity contribution in [2.45, 2.75) is 103 Å². The van der Waals surface area contributed by atoms with Gasteiger partial charge in [0, 0.05) is 25.2 Å². The van der Waals surface area contributed by atoms with Gasteiger partial charge in [0.15, 0.2) is 0 Å². The van der Waals surface area contributed by atoms with E-state index in [2.05, 4.69) is 13.2 Å². The lowest BCUT2D eigenvalue weighted by atomic mass is 9.64. The molecule has 0 aromatic carbocycles. The first-order valence-corrected chi connectivity index (χ1v) is 14.3. The van der Waals surface area contributed by atoms with Crippen molar-refractivity contribution in [3.63, 3.8) is 0 Å². The molecule has 0 saturated carbocycles. The standard InChI is InChI=1S/C30H49N3O5/c1-10-16-31(17-11-2)25(35)22-23-26(36)33(21(19-34)20(5)6)24(27(37)32(18-12-3)28(7,8)9)30(23)15-14-29(22,13-4)38-30/h10,12,20-24,34H,1,3,11,13-19H2,2,4-9H3/t21-,22+,23-,24?,29-,30?/m0/s1. The summed E-state index contributed by atoms with van der Waals surface area (Å²) in [7, 11) is 0. The van der Waals surface area contributed by atoms with Gasteiger partial charge in [-0.1, -0.05) is 39.8 Å². The maximum absolute atomic E-state index is 14.5. The van der Waals surface area contributed by atoms with Crippen LogP contribution in [0.2, 0.25) is 0 Å². The van der Waals surface area contributed by atoms with Crippen LogP contribution in [0.15, 0.2) is 25.3 Å². The maximum atomic E-state index is 14.5. The minimum atomic E-state index is -1.12. The van der Waals surface area contributed by atoms with Crippen LogP contribution in [0.4, 0.5) is 0 Å². The highest BCUT2D eigenvalue weighted by molar-refractivity contribution is 5.99. The summed E-state index contributed by atoms with van der Waals surface area (Å²) in [5.41, 5.74) is -2.45. The Morgan fingerprint density at radius 2 is 1.79 bits per heavy atom. The fourth-order valence-corrected chi connectivity index (χ4v) is 7.17. The van der Waals surface area contributed by atoms with Gasteiger partial charge in [-0.05, 0) is 52.4 Å². The Morgan fingerprint density at radius 3 is 2.26 bits per heavy atom. The Bertz CT molecular complexity index is 943. The molecule has 0 radical (unpaired) electrons. The number of fused-ring (bicyclic) bond motifs is 1. The van der Waals surface area contributed by atoms with E-state index < -0.39 is 40.7 Å². The van der Waals surface area contributed by atoms with E-state index in [0.29, 0.717) is 38.9 Å². The Balaban J connectivity index is 2.22. The van der Waals surface area contributed by atoms with Crippen LogP contribution in [-0.4, -0.2) is 92.6 Å². The van der Waals surface area contributed by atoms with Crippen LogP contribution in [0.3, 0.4) is 0 Å². The summed E-state index contributed by atoms with van der Waals surface area (Å²) in [5, 5.41) is 10.4. The topological polar surface area (TPSA) is 90.4 Å². The van der Waals surface area contributed by atoms with Crippen LogP contribution in [0.1, 0.15) is 74.1 Å². The van der Waals surface area contributed by atoms with Gasteiger partial charge in [0.05, 0.1) is 30.1 Å². The summed E-state index contributed by atoms with van der Waals surface area (Å²) >= 11 is 0. The van der Waals surface area contributed by atoms with E-state index >= 15 is 0 Å². The molecule has 2 unspecified atom stereocenters. The molecule has 6 atom stereocenters. The molecule has 214 valence electrons. The Labute approximate surface area is 229 Å². The molecule has 1 spiro atoms. The predicted octanol–water partition coefficient (Wildman–Crippen LogP) is 3.40. The average Bonchev–Trinajstić information content (AvgIpc) is 3.45. The Kier molecular flexibility index (Phi) is 8.89. The van der Waals surface area contributed by atoms with Crippen molar-refractivity contribution in [1.82, 2.24) is 14.7 Å². The summed E-state index contributed by atoms with van der Waals surface area (Å²) in [5.74, 6) is -2.14. The first-order valence-electron chi connectivity index (χ1n) is 14.3. The summed E-state index contributed by atoms with van der Waals surface area (Å²) in [6, 6.07) is -1.50. The van der Waals surface area contributed by atoms with Crippen LogP contribution >= 0.6 is 0 Å².